The van der Waals surface area contributed by atoms with E-state index in [0.717, 1.165) is 21.6 Å². The minimum absolute atomic E-state index is 0.179. The van der Waals surface area contributed by atoms with E-state index in [-0.39, 0.29) is 6.04 Å². The fourth-order valence-corrected chi connectivity index (χ4v) is 2.13. The van der Waals surface area contributed by atoms with Crippen molar-refractivity contribution in [2.45, 2.75) is 13.0 Å². The van der Waals surface area contributed by atoms with Crippen LogP contribution in [-0.2, 0) is 0 Å². The molecule has 17 heavy (non-hydrogen) atoms. The lowest BCUT2D eigenvalue weighted by Gasteiger charge is -2.14. The van der Waals surface area contributed by atoms with Crippen molar-refractivity contribution in [3.05, 3.63) is 40.6 Å². The number of hydrogen-bond donors (Lipinski definition) is 2. The number of nitrogens with zero attached hydrogens (tertiary/aromatic N) is 1. The lowest BCUT2D eigenvalue weighted by molar-refractivity contribution is 0.412. The van der Waals surface area contributed by atoms with Crippen LogP contribution in [0.25, 0.3) is 0 Å². The smallest absolute Gasteiger partial charge is 0.133 e. The van der Waals surface area contributed by atoms with Crippen molar-refractivity contribution in [3.63, 3.8) is 0 Å². The molecular formula is C12H14BrN3O. The lowest BCUT2D eigenvalue weighted by atomic mass is 10.2. The predicted molar refractivity (Wildman–Crippen MR) is 71.3 cm³/mol. The molecule has 1 atom stereocenters. The Morgan fingerprint density at radius 1 is 1.41 bits per heavy atom. The first-order valence-corrected chi connectivity index (χ1v) is 6.09. The summed E-state index contributed by atoms with van der Waals surface area (Å²) in [6.07, 6.45) is 1.75. The number of anilines is 1. The molecule has 0 saturated heterocycles. The number of methoxy groups -OCH3 is 1. The van der Waals surface area contributed by atoms with Crippen LogP contribution in [0.1, 0.15) is 18.7 Å². The Morgan fingerprint density at radius 2 is 2.24 bits per heavy atom. The Labute approximate surface area is 109 Å². The summed E-state index contributed by atoms with van der Waals surface area (Å²) in [7, 11) is 1.65. The van der Waals surface area contributed by atoms with Gasteiger partial charge in [-0.15, -0.1) is 0 Å². The van der Waals surface area contributed by atoms with E-state index in [1.807, 2.05) is 24.3 Å². The summed E-state index contributed by atoms with van der Waals surface area (Å²) in [4.78, 5) is 0. The Morgan fingerprint density at radius 3 is 2.82 bits per heavy atom. The van der Waals surface area contributed by atoms with Crippen molar-refractivity contribution in [1.82, 2.24) is 10.2 Å². The van der Waals surface area contributed by atoms with Gasteiger partial charge in [0.2, 0.25) is 0 Å². The number of aromatic nitrogens is 2. The van der Waals surface area contributed by atoms with Gasteiger partial charge in [0, 0.05) is 11.9 Å². The first-order valence-electron chi connectivity index (χ1n) is 5.30. The van der Waals surface area contributed by atoms with E-state index in [1.54, 1.807) is 13.3 Å². The molecule has 4 nitrogen and oxygen atoms in total. The highest BCUT2D eigenvalue weighted by molar-refractivity contribution is 9.10. The van der Waals surface area contributed by atoms with Gasteiger partial charge in [-0.3, -0.25) is 5.10 Å². The third-order valence-corrected chi connectivity index (χ3v) is 3.14. The molecule has 0 fully saturated rings. The van der Waals surface area contributed by atoms with Gasteiger partial charge in [0.15, 0.2) is 0 Å². The average Bonchev–Trinajstić information content (AvgIpc) is 2.82. The lowest BCUT2D eigenvalue weighted by Crippen LogP contribution is -2.07. The van der Waals surface area contributed by atoms with Gasteiger partial charge in [-0.1, -0.05) is 0 Å². The first kappa shape index (κ1) is 12.0. The number of benzene rings is 1. The van der Waals surface area contributed by atoms with E-state index >= 15 is 0 Å². The molecule has 0 radical (unpaired) electrons. The van der Waals surface area contributed by atoms with Crippen molar-refractivity contribution >= 4 is 21.6 Å². The molecule has 5 heteroatoms. The van der Waals surface area contributed by atoms with E-state index in [4.69, 9.17) is 4.74 Å². The van der Waals surface area contributed by atoms with Crippen LogP contribution < -0.4 is 10.1 Å². The maximum Gasteiger partial charge on any atom is 0.133 e. The normalized spacial score (nSPS) is 12.2. The minimum atomic E-state index is 0.179. The monoisotopic (exact) mass is 295 g/mol. The summed E-state index contributed by atoms with van der Waals surface area (Å²) in [6.45, 7) is 2.08. The maximum atomic E-state index is 5.19. The molecule has 0 bridgehead atoms. The Balaban J connectivity index is 2.11. The van der Waals surface area contributed by atoms with Crippen molar-refractivity contribution < 1.29 is 4.74 Å². The zero-order chi connectivity index (χ0) is 12.3. The van der Waals surface area contributed by atoms with Gasteiger partial charge in [-0.2, -0.15) is 5.10 Å². The Hall–Kier alpha value is -1.49. The molecule has 2 aromatic rings. The molecule has 1 heterocycles. The highest BCUT2D eigenvalue weighted by Gasteiger charge is 2.07. The van der Waals surface area contributed by atoms with E-state index in [2.05, 4.69) is 38.4 Å². The second kappa shape index (κ2) is 5.23. The summed E-state index contributed by atoms with van der Waals surface area (Å²) in [5.41, 5.74) is 2.08. The number of nitrogens with one attached hydrogen (secondary N) is 2. The SMILES string of the molecule is COc1ccc(NC(C)c2ccn[nH]2)cc1Br. The van der Waals surface area contributed by atoms with Crippen molar-refractivity contribution in [1.29, 1.82) is 0 Å². The summed E-state index contributed by atoms with van der Waals surface area (Å²) in [6, 6.07) is 8.03. The topological polar surface area (TPSA) is 49.9 Å². The number of aromatic amines is 1. The van der Waals surface area contributed by atoms with Gasteiger partial charge < -0.3 is 10.1 Å². The largest absolute Gasteiger partial charge is 0.496 e. The second-order valence-corrected chi connectivity index (χ2v) is 4.58. The summed E-state index contributed by atoms with van der Waals surface area (Å²) < 4.78 is 6.12. The molecule has 1 aromatic carbocycles. The van der Waals surface area contributed by atoms with Crippen LogP contribution in [0.15, 0.2) is 34.9 Å². The summed E-state index contributed by atoms with van der Waals surface area (Å²) in [5.74, 6) is 0.824. The van der Waals surface area contributed by atoms with Crippen LogP contribution >= 0.6 is 15.9 Å². The average molecular weight is 296 g/mol. The van der Waals surface area contributed by atoms with Gasteiger partial charge in [-0.25, -0.2) is 0 Å². The van der Waals surface area contributed by atoms with Gasteiger partial charge in [0.1, 0.15) is 5.75 Å². The summed E-state index contributed by atoms with van der Waals surface area (Å²) >= 11 is 3.46. The molecule has 90 valence electrons. The molecule has 2 N–H and O–H groups in total. The summed E-state index contributed by atoms with van der Waals surface area (Å²) in [5, 5.41) is 10.3. The molecule has 0 aliphatic carbocycles. The second-order valence-electron chi connectivity index (χ2n) is 3.73. The number of H-pyrrole nitrogens is 1. The number of halogens is 1. The first-order chi connectivity index (χ1) is 8.20. The maximum absolute atomic E-state index is 5.19. The molecule has 0 spiro atoms. The quantitative estimate of drug-likeness (QED) is 0.909. The Bertz CT molecular complexity index is 485. The molecule has 0 aliphatic rings. The van der Waals surface area contributed by atoms with Gasteiger partial charge in [0.05, 0.1) is 23.3 Å². The molecule has 0 amide bonds. The van der Waals surface area contributed by atoms with Gasteiger partial charge in [0.25, 0.3) is 0 Å². The predicted octanol–water partition coefficient (Wildman–Crippen LogP) is 3.35. The van der Waals surface area contributed by atoms with E-state index in [0.29, 0.717) is 0 Å². The van der Waals surface area contributed by atoms with Gasteiger partial charge >= 0.3 is 0 Å². The molecule has 0 saturated carbocycles. The Kier molecular flexibility index (Phi) is 3.68. The van der Waals surface area contributed by atoms with Crippen molar-refractivity contribution in [2.24, 2.45) is 0 Å². The number of ether oxygens (including phenoxy) is 1. The highest BCUT2D eigenvalue weighted by Crippen LogP contribution is 2.29. The molecule has 1 unspecified atom stereocenters. The van der Waals surface area contributed by atoms with E-state index in [1.165, 1.54) is 0 Å². The van der Waals surface area contributed by atoms with Crippen LogP contribution in [0.4, 0.5) is 5.69 Å². The van der Waals surface area contributed by atoms with Crippen LogP contribution in [0, 0.1) is 0 Å². The van der Waals surface area contributed by atoms with E-state index in [9.17, 15) is 0 Å². The van der Waals surface area contributed by atoms with Crippen LogP contribution in [-0.4, -0.2) is 17.3 Å². The van der Waals surface area contributed by atoms with Crippen molar-refractivity contribution in [2.75, 3.05) is 12.4 Å². The third-order valence-electron chi connectivity index (χ3n) is 2.52. The zero-order valence-corrected chi connectivity index (χ0v) is 11.3. The standard InChI is InChI=1S/C12H14BrN3O/c1-8(11-5-6-14-16-11)15-9-3-4-12(17-2)10(13)7-9/h3-8,15H,1-2H3,(H,14,16). The van der Waals surface area contributed by atoms with Crippen molar-refractivity contribution in [3.8, 4) is 5.75 Å². The fourth-order valence-electron chi connectivity index (χ4n) is 1.59. The zero-order valence-electron chi connectivity index (χ0n) is 9.70. The van der Waals surface area contributed by atoms with Crippen LogP contribution in [0.2, 0.25) is 0 Å². The van der Waals surface area contributed by atoms with Crippen LogP contribution in [0.5, 0.6) is 5.75 Å². The molecule has 1 aromatic heterocycles. The van der Waals surface area contributed by atoms with Crippen LogP contribution in [0.3, 0.4) is 0 Å². The fraction of sp³-hybridized carbons (Fsp3) is 0.250. The number of hydrogen-bond acceptors (Lipinski definition) is 3. The number of rotatable bonds is 4. The molecule has 2 rings (SSSR count). The minimum Gasteiger partial charge on any atom is -0.496 e. The van der Waals surface area contributed by atoms with E-state index < -0.39 is 0 Å². The molecular weight excluding hydrogens is 282 g/mol. The highest BCUT2D eigenvalue weighted by atomic mass is 79.9. The molecule has 0 aliphatic heterocycles. The van der Waals surface area contributed by atoms with Gasteiger partial charge in [-0.05, 0) is 47.1 Å². The third kappa shape index (κ3) is 2.79.